The predicted octanol–water partition coefficient (Wildman–Crippen LogP) is 2.68. The van der Waals surface area contributed by atoms with Crippen molar-refractivity contribution in [3.63, 3.8) is 0 Å². The van der Waals surface area contributed by atoms with Crippen molar-refractivity contribution in [2.45, 2.75) is 70.8 Å². The van der Waals surface area contributed by atoms with E-state index < -0.39 is 0 Å². The van der Waals surface area contributed by atoms with Gasteiger partial charge in [-0.25, -0.2) is 0 Å². The highest BCUT2D eigenvalue weighted by atomic mass is 127. The number of carbonyl (C=O) groups is 2. The number of hydrogen-bond acceptors (Lipinski definition) is 4. The van der Waals surface area contributed by atoms with Crippen molar-refractivity contribution < 1.29 is 14.3 Å². The molecule has 1 saturated heterocycles. The van der Waals surface area contributed by atoms with Gasteiger partial charge in [-0.15, -0.1) is 24.0 Å². The number of likely N-dealkylation sites (tertiary alicyclic amines) is 1. The molecule has 0 aromatic heterocycles. The average Bonchev–Trinajstić information content (AvgIpc) is 3.16. The lowest BCUT2D eigenvalue weighted by Gasteiger charge is -2.26. The lowest BCUT2D eigenvalue weighted by molar-refractivity contribution is -0.140. The van der Waals surface area contributed by atoms with Crippen LogP contribution in [0.3, 0.4) is 0 Å². The number of carbonyl (C=O) groups excluding carboxylic acids is 2. The van der Waals surface area contributed by atoms with Crippen LogP contribution in [0.1, 0.15) is 64.7 Å². The van der Waals surface area contributed by atoms with Crippen LogP contribution < -0.4 is 10.6 Å². The fourth-order valence-electron chi connectivity index (χ4n) is 3.87. The van der Waals surface area contributed by atoms with Gasteiger partial charge in [0.2, 0.25) is 5.91 Å². The number of rotatable bonds is 8. The van der Waals surface area contributed by atoms with Crippen molar-refractivity contribution >= 4 is 41.8 Å². The second-order valence-electron chi connectivity index (χ2n) is 7.54. The van der Waals surface area contributed by atoms with Gasteiger partial charge in [0, 0.05) is 44.6 Å². The number of nitrogens with one attached hydrogen (secondary N) is 2. The number of unbranched alkanes of at least 4 members (excludes halogenated alkanes) is 1. The zero-order valence-electron chi connectivity index (χ0n) is 17.4. The number of amides is 1. The molecule has 2 N–H and O–H groups in total. The van der Waals surface area contributed by atoms with Crippen molar-refractivity contribution in [2.75, 3.05) is 33.3 Å². The largest absolute Gasteiger partial charge is 0.469 e. The van der Waals surface area contributed by atoms with E-state index in [1.165, 1.54) is 26.4 Å². The summed E-state index contributed by atoms with van der Waals surface area (Å²) in [6.45, 7) is 5.12. The van der Waals surface area contributed by atoms with Gasteiger partial charge in [-0.05, 0) is 39.0 Å². The SMILES string of the molecule is CCNC(=NCCCCC(=O)OC)NC1CCN(C(=O)C2CCCCC2)C1.I. The van der Waals surface area contributed by atoms with Gasteiger partial charge in [0.15, 0.2) is 5.96 Å². The van der Waals surface area contributed by atoms with E-state index in [2.05, 4.69) is 20.4 Å². The van der Waals surface area contributed by atoms with Crippen molar-refractivity contribution in [1.82, 2.24) is 15.5 Å². The zero-order chi connectivity index (χ0) is 19.5. The number of methoxy groups -OCH3 is 1. The lowest BCUT2D eigenvalue weighted by Crippen LogP contribution is -2.45. The number of ether oxygens (including phenoxy) is 1. The van der Waals surface area contributed by atoms with Gasteiger partial charge < -0.3 is 20.3 Å². The summed E-state index contributed by atoms with van der Waals surface area (Å²) in [4.78, 5) is 30.5. The predicted molar refractivity (Wildman–Crippen MR) is 122 cm³/mol. The van der Waals surface area contributed by atoms with E-state index in [1.807, 2.05) is 11.8 Å². The molecule has 1 saturated carbocycles. The maximum Gasteiger partial charge on any atom is 0.305 e. The van der Waals surface area contributed by atoms with Crippen LogP contribution in [0.5, 0.6) is 0 Å². The molecule has 0 bridgehead atoms. The van der Waals surface area contributed by atoms with Crippen LogP contribution in [-0.4, -0.2) is 62.1 Å². The molecule has 7 nitrogen and oxygen atoms in total. The van der Waals surface area contributed by atoms with Crippen molar-refractivity contribution in [3.8, 4) is 0 Å². The standard InChI is InChI=1S/C20H36N4O3.HI/c1-3-21-20(22-13-8-7-11-18(25)27-2)23-17-12-14-24(15-17)19(26)16-9-5-4-6-10-16;/h16-17H,3-15H2,1-2H3,(H2,21,22,23);1H. The summed E-state index contributed by atoms with van der Waals surface area (Å²) >= 11 is 0. The van der Waals surface area contributed by atoms with Gasteiger partial charge in [-0.3, -0.25) is 14.6 Å². The molecule has 1 atom stereocenters. The molecule has 1 unspecified atom stereocenters. The van der Waals surface area contributed by atoms with Gasteiger partial charge in [0.25, 0.3) is 0 Å². The molecule has 2 fully saturated rings. The summed E-state index contributed by atoms with van der Waals surface area (Å²) in [5, 5.41) is 6.74. The first-order valence-electron chi connectivity index (χ1n) is 10.5. The summed E-state index contributed by atoms with van der Waals surface area (Å²) in [6, 6.07) is 0.255. The fourth-order valence-corrected chi connectivity index (χ4v) is 3.87. The van der Waals surface area contributed by atoms with E-state index in [-0.39, 0.29) is 41.9 Å². The highest BCUT2D eigenvalue weighted by Gasteiger charge is 2.31. The Morgan fingerprint density at radius 1 is 1.14 bits per heavy atom. The van der Waals surface area contributed by atoms with E-state index >= 15 is 0 Å². The van der Waals surface area contributed by atoms with Crippen molar-refractivity contribution in [1.29, 1.82) is 0 Å². The van der Waals surface area contributed by atoms with Crippen molar-refractivity contribution in [3.05, 3.63) is 0 Å². The smallest absolute Gasteiger partial charge is 0.305 e. The second-order valence-corrected chi connectivity index (χ2v) is 7.54. The van der Waals surface area contributed by atoms with E-state index in [1.54, 1.807) is 0 Å². The first-order chi connectivity index (χ1) is 13.1. The molecule has 0 aromatic carbocycles. The molecule has 2 aliphatic rings. The number of nitrogens with zero attached hydrogens (tertiary/aromatic N) is 2. The number of halogens is 1. The van der Waals surface area contributed by atoms with Crippen molar-refractivity contribution in [2.24, 2.45) is 10.9 Å². The minimum absolute atomic E-state index is 0. The summed E-state index contributed by atoms with van der Waals surface area (Å²) in [5.41, 5.74) is 0. The first kappa shape index (κ1) is 25.0. The van der Waals surface area contributed by atoms with E-state index in [4.69, 9.17) is 0 Å². The highest BCUT2D eigenvalue weighted by molar-refractivity contribution is 14.0. The molecule has 0 spiro atoms. The Morgan fingerprint density at radius 3 is 2.57 bits per heavy atom. The first-order valence-corrected chi connectivity index (χ1v) is 10.5. The van der Waals surface area contributed by atoms with E-state index in [0.717, 1.165) is 57.7 Å². The third kappa shape index (κ3) is 8.53. The molecule has 2 rings (SSSR count). The fraction of sp³-hybridized carbons (Fsp3) is 0.850. The summed E-state index contributed by atoms with van der Waals surface area (Å²) in [5.74, 6) is 1.23. The maximum absolute atomic E-state index is 12.7. The van der Waals surface area contributed by atoms with Gasteiger partial charge >= 0.3 is 5.97 Å². The monoisotopic (exact) mass is 508 g/mol. The molecule has 0 radical (unpaired) electrons. The van der Waals surface area contributed by atoms with Gasteiger partial charge in [-0.2, -0.15) is 0 Å². The van der Waals surface area contributed by atoms with E-state index in [9.17, 15) is 9.59 Å². The Hall–Kier alpha value is -1.06. The van der Waals surface area contributed by atoms with Crippen LogP contribution in [0.4, 0.5) is 0 Å². The molecule has 1 heterocycles. The Bertz CT molecular complexity index is 510. The highest BCUT2D eigenvalue weighted by Crippen LogP contribution is 2.26. The number of esters is 1. The minimum Gasteiger partial charge on any atom is -0.469 e. The Labute approximate surface area is 186 Å². The number of hydrogen-bond donors (Lipinski definition) is 2. The maximum atomic E-state index is 12.7. The van der Waals surface area contributed by atoms with Gasteiger partial charge in [0.05, 0.1) is 7.11 Å². The number of guanidine groups is 1. The molecular weight excluding hydrogens is 471 g/mol. The van der Waals surface area contributed by atoms with Crippen LogP contribution in [-0.2, 0) is 14.3 Å². The van der Waals surface area contributed by atoms with Crippen LogP contribution in [0.2, 0.25) is 0 Å². The number of aliphatic imine (C=N–C) groups is 1. The topological polar surface area (TPSA) is 83.0 Å². The summed E-state index contributed by atoms with van der Waals surface area (Å²) in [7, 11) is 1.41. The molecule has 8 heteroatoms. The molecule has 0 aromatic rings. The Kier molecular flexibility index (Phi) is 12.5. The average molecular weight is 508 g/mol. The molecule has 1 amide bonds. The summed E-state index contributed by atoms with van der Waals surface area (Å²) in [6.07, 6.45) is 8.81. The van der Waals surface area contributed by atoms with Crippen LogP contribution >= 0.6 is 24.0 Å². The molecule has 162 valence electrons. The van der Waals surface area contributed by atoms with Crippen LogP contribution in [0.25, 0.3) is 0 Å². The zero-order valence-corrected chi connectivity index (χ0v) is 19.7. The Balaban J connectivity index is 0.00000392. The molecular formula is C20H37IN4O3. The van der Waals surface area contributed by atoms with Gasteiger partial charge in [0.1, 0.15) is 0 Å². The van der Waals surface area contributed by atoms with Crippen LogP contribution in [0, 0.1) is 5.92 Å². The second kappa shape index (κ2) is 14.0. The molecule has 1 aliphatic carbocycles. The lowest BCUT2D eigenvalue weighted by atomic mass is 9.88. The van der Waals surface area contributed by atoms with Gasteiger partial charge in [-0.1, -0.05) is 19.3 Å². The van der Waals surface area contributed by atoms with E-state index in [0.29, 0.717) is 18.9 Å². The minimum atomic E-state index is -0.169. The molecule has 28 heavy (non-hydrogen) atoms. The van der Waals surface area contributed by atoms with Crippen LogP contribution in [0.15, 0.2) is 4.99 Å². The summed E-state index contributed by atoms with van der Waals surface area (Å²) < 4.78 is 4.65. The normalized spacial score (nSPS) is 20.4. The quantitative estimate of drug-likeness (QED) is 0.173. The Morgan fingerprint density at radius 2 is 1.89 bits per heavy atom. The third-order valence-corrected chi connectivity index (χ3v) is 5.43. The third-order valence-electron chi connectivity index (χ3n) is 5.43. The molecule has 1 aliphatic heterocycles.